The SMILES string of the molecule is COc1cccc(CC(=O)Nc2ccc(S(=O)(=O)N3CCN(C)CC3)cc2)c1. The lowest BCUT2D eigenvalue weighted by Crippen LogP contribution is -2.46. The van der Waals surface area contributed by atoms with Crippen LogP contribution in [0.15, 0.2) is 53.4 Å². The minimum Gasteiger partial charge on any atom is -0.497 e. The zero-order chi connectivity index (χ0) is 20.1. The molecule has 1 fully saturated rings. The van der Waals surface area contributed by atoms with Crippen LogP contribution in [0.3, 0.4) is 0 Å². The van der Waals surface area contributed by atoms with Crippen LogP contribution in [0.5, 0.6) is 5.75 Å². The van der Waals surface area contributed by atoms with Gasteiger partial charge >= 0.3 is 0 Å². The van der Waals surface area contributed by atoms with Gasteiger partial charge in [-0.3, -0.25) is 4.79 Å². The number of nitrogens with zero attached hydrogens (tertiary/aromatic N) is 2. The summed E-state index contributed by atoms with van der Waals surface area (Å²) in [5.74, 6) is 0.520. The average Bonchev–Trinajstić information content (AvgIpc) is 2.69. The largest absolute Gasteiger partial charge is 0.497 e. The summed E-state index contributed by atoms with van der Waals surface area (Å²) in [4.78, 5) is 14.6. The number of amides is 1. The molecule has 0 bridgehead atoms. The number of methoxy groups -OCH3 is 1. The molecular formula is C20H25N3O4S. The molecule has 0 radical (unpaired) electrons. The third-order valence-corrected chi connectivity index (χ3v) is 6.65. The lowest BCUT2D eigenvalue weighted by Gasteiger charge is -2.31. The number of carbonyl (C=O) groups is 1. The first-order valence-corrected chi connectivity index (χ1v) is 10.5. The van der Waals surface area contributed by atoms with E-state index in [2.05, 4.69) is 10.2 Å². The third kappa shape index (κ3) is 4.89. The fourth-order valence-corrected chi connectivity index (χ4v) is 4.48. The van der Waals surface area contributed by atoms with E-state index >= 15 is 0 Å². The Hall–Kier alpha value is -2.42. The Kier molecular flexibility index (Phi) is 6.33. The second-order valence-electron chi connectivity index (χ2n) is 6.81. The molecule has 2 aromatic rings. The van der Waals surface area contributed by atoms with Crippen molar-refractivity contribution < 1.29 is 17.9 Å². The van der Waals surface area contributed by atoms with E-state index in [1.165, 1.54) is 16.4 Å². The summed E-state index contributed by atoms with van der Waals surface area (Å²) in [6, 6.07) is 13.6. The van der Waals surface area contributed by atoms with E-state index in [1.54, 1.807) is 19.2 Å². The highest BCUT2D eigenvalue weighted by Gasteiger charge is 2.27. The highest BCUT2D eigenvalue weighted by molar-refractivity contribution is 7.89. The Balaban J connectivity index is 1.63. The standard InChI is InChI=1S/C20H25N3O4S/c1-22-10-12-23(13-11-22)28(25,26)19-8-6-17(7-9-19)21-20(24)15-16-4-3-5-18(14-16)27-2/h3-9,14H,10-13,15H2,1-2H3,(H,21,24). The van der Waals surface area contributed by atoms with E-state index in [1.807, 2.05) is 31.3 Å². The number of piperazine rings is 1. The lowest BCUT2D eigenvalue weighted by atomic mass is 10.1. The lowest BCUT2D eigenvalue weighted by molar-refractivity contribution is -0.115. The second-order valence-corrected chi connectivity index (χ2v) is 8.75. The maximum Gasteiger partial charge on any atom is 0.243 e. The van der Waals surface area contributed by atoms with Gasteiger partial charge in [-0.05, 0) is 49.0 Å². The first-order valence-electron chi connectivity index (χ1n) is 9.10. The molecule has 0 atom stereocenters. The quantitative estimate of drug-likeness (QED) is 0.796. The van der Waals surface area contributed by atoms with Gasteiger partial charge in [0.25, 0.3) is 0 Å². The fourth-order valence-electron chi connectivity index (χ4n) is 3.06. The smallest absolute Gasteiger partial charge is 0.243 e. The van der Waals surface area contributed by atoms with E-state index in [0.717, 1.165) is 18.7 Å². The van der Waals surface area contributed by atoms with Crippen LogP contribution in [0, 0.1) is 0 Å². The Morgan fingerprint density at radius 2 is 1.75 bits per heavy atom. The van der Waals surface area contributed by atoms with Gasteiger partial charge in [-0.25, -0.2) is 8.42 Å². The zero-order valence-corrected chi connectivity index (χ0v) is 16.9. The number of sulfonamides is 1. The second kappa shape index (κ2) is 8.72. The molecule has 7 nitrogen and oxygen atoms in total. The molecule has 1 N–H and O–H groups in total. The van der Waals surface area contributed by atoms with Gasteiger partial charge in [0.1, 0.15) is 5.75 Å². The fraction of sp³-hybridized carbons (Fsp3) is 0.350. The number of rotatable bonds is 6. The van der Waals surface area contributed by atoms with Crippen molar-refractivity contribution in [1.82, 2.24) is 9.21 Å². The minimum absolute atomic E-state index is 0.178. The Labute approximate surface area is 166 Å². The summed E-state index contributed by atoms with van der Waals surface area (Å²) < 4.78 is 32.1. The molecule has 8 heteroatoms. The molecule has 1 heterocycles. The number of carbonyl (C=O) groups excluding carboxylic acids is 1. The van der Waals surface area contributed by atoms with E-state index in [4.69, 9.17) is 4.74 Å². The molecule has 0 spiro atoms. The van der Waals surface area contributed by atoms with Crippen LogP contribution >= 0.6 is 0 Å². The maximum absolute atomic E-state index is 12.7. The predicted molar refractivity (Wildman–Crippen MR) is 108 cm³/mol. The third-order valence-electron chi connectivity index (χ3n) is 4.74. The van der Waals surface area contributed by atoms with E-state index < -0.39 is 10.0 Å². The van der Waals surface area contributed by atoms with Crippen LogP contribution in [0.1, 0.15) is 5.56 Å². The number of nitrogens with one attached hydrogen (secondary N) is 1. The Bertz CT molecular complexity index is 921. The van der Waals surface area contributed by atoms with Crippen molar-refractivity contribution in [1.29, 1.82) is 0 Å². The Morgan fingerprint density at radius 1 is 1.07 bits per heavy atom. The van der Waals surface area contributed by atoms with E-state index in [-0.39, 0.29) is 17.2 Å². The molecule has 2 aromatic carbocycles. The van der Waals surface area contributed by atoms with Crippen molar-refractivity contribution in [2.75, 3.05) is 45.7 Å². The highest BCUT2D eigenvalue weighted by Crippen LogP contribution is 2.20. The Morgan fingerprint density at radius 3 is 2.39 bits per heavy atom. The number of hydrogen-bond donors (Lipinski definition) is 1. The molecule has 1 aliphatic rings. The zero-order valence-electron chi connectivity index (χ0n) is 16.1. The summed E-state index contributed by atoms with van der Waals surface area (Å²) in [7, 11) is 0.0526. The van der Waals surface area contributed by atoms with Gasteiger partial charge in [-0.2, -0.15) is 4.31 Å². The monoisotopic (exact) mass is 403 g/mol. The van der Waals surface area contributed by atoms with Crippen LogP contribution < -0.4 is 10.1 Å². The number of benzene rings is 2. The van der Waals surface area contributed by atoms with Gasteiger partial charge in [0, 0.05) is 31.9 Å². The normalized spacial score (nSPS) is 15.9. The molecule has 1 saturated heterocycles. The summed E-state index contributed by atoms with van der Waals surface area (Å²) in [5.41, 5.74) is 1.40. The van der Waals surface area contributed by atoms with Crippen LogP contribution in [-0.4, -0.2) is 63.9 Å². The molecule has 0 aliphatic carbocycles. The highest BCUT2D eigenvalue weighted by atomic mass is 32.2. The topological polar surface area (TPSA) is 78.9 Å². The van der Waals surface area contributed by atoms with Crippen LogP contribution in [0.4, 0.5) is 5.69 Å². The van der Waals surface area contributed by atoms with Crippen LogP contribution in [0.2, 0.25) is 0 Å². The summed E-state index contributed by atoms with van der Waals surface area (Å²) in [6.07, 6.45) is 0.207. The summed E-state index contributed by atoms with van der Waals surface area (Å²) in [6.45, 7) is 2.41. The molecule has 0 unspecified atom stereocenters. The van der Waals surface area contributed by atoms with Crippen LogP contribution in [-0.2, 0) is 21.2 Å². The van der Waals surface area contributed by atoms with Crippen molar-refractivity contribution in [3.63, 3.8) is 0 Å². The summed E-state index contributed by atoms with van der Waals surface area (Å²) >= 11 is 0. The molecule has 0 aromatic heterocycles. The molecule has 1 aliphatic heterocycles. The van der Waals surface area contributed by atoms with Gasteiger partial charge in [0.2, 0.25) is 15.9 Å². The molecule has 28 heavy (non-hydrogen) atoms. The van der Waals surface area contributed by atoms with Gasteiger partial charge < -0.3 is 15.0 Å². The van der Waals surface area contributed by atoms with Gasteiger partial charge in [-0.1, -0.05) is 12.1 Å². The first-order chi connectivity index (χ1) is 13.4. The number of likely N-dealkylation sites (N-methyl/N-ethyl adjacent to an activating group) is 1. The van der Waals surface area contributed by atoms with E-state index in [0.29, 0.717) is 24.5 Å². The van der Waals surface area contributed by atoms with Crippen molar-refractivity contribution in [2.45, 2.75) is 11.3 Å². The van der Waals surface area contributed by atoms with Crippen molar-refractivity contribution in [2.24, 2.45) is 0 Å². The molecular weight excluding hydrogens is 378 g/mol. The number of anilines is 1. The van der Waals surface area contributed by atoms with Crippen molar-refractivity contribution in [3.8, 4) is 5.75 Å². The van der Waals surface area contributed by atoms with Crippen molar-refractivity contribution >= 4 is 21.6 Å². The van der Waals surface area contributed by atoms with E-state index in [9.17, 15) is 13.2 Å². The molecule has 0 saturated carbocycles. The maximum atomic E-state index is 12.7. The van der Waals surface area contributed by atoms with Gasteiger partial charge in [-0.15, -0.1) is 0 Å². The summed E-state index contributed by atoms with van der Waals surface area (Å²) in [5, 5.41) is 2.80. The molecule has 1 amide bonds. The first kappa shape index (κ1) is 20.3. The minimum atomic E-state index is -3.51. The number of ether oxygens (including phenoxy) is 1. The van der Waals surface area contributed by atoms with Crippen LogP contribution in [0.25, 0.3) is 0 Å². The van der Waals surface area contributed by atoms with Gasteiger partial charge in [0.05, 0.1) is 18.4 Å². The average molecular weight is 404 g/mol. The van der Waals surface area contributed by atoms with Crippen molar-refractivity contribution in [3.05, 3.63) is 54.1 Å². The number of hydrogen-bond acceptors (Lipinski definition) is 5. The molecule has 3 rings (SSSR count). The molecule has 150 valence electrons. The van der Waals surface area contributed by atoms with Gasteiger partial charge in [0.15, 0.2) is 0 Å². The predicted octanol–water partition coefficient (Wildman–Crippen LogP) is 1.81.